The van der Waals surface area contributed by atoms with Gasteiger partial charge >= 0.3 is 0 Å². The van der Waals surface area contributed by atoms with Gasteiger partial charge in [-0.3, -0.25) is 9.69 Å². The van der Waals surface area contributed by atoms with E-state index in [1.54, 1.807) is 14.0 Å². The lowest BCUT2D eigenvalue weighted by atomic mass is 9.77. The Balaban J connectivity index is 1.71. The van der Waals surface area contributed by atoms with Crippen LogP contribution in [0.3, 0.4) is 0 Å². The maximum Gasteiger partial charge on any atom is 0.217 e. The molecule has 1 saturated heterocycles. The van der Waals surface area contributed by atoms with Crippen LogP contribution in [0.1, 0.15) is 63.1 Å². The molecule has 2 aliphatic rings. The minimum Gasteiger partial charge on any atom is -0.494 e. The van der Waals surface area contributed by atoms with Crippen molar-refractivity contribution in [1.29, 1.82) is 0 Å². The molecule has 5 nitrogen and oxygen atoms in total. The third-order valence-electron chi connectivity index (χ3n) is 6.67. The molecule has 162 valence electrons. The van der Waals surface area contributed by atoms with E-state index in [0.29, 0.717) is 24.4 Å². The highest BCUT2D eigenvalue weighted by Gasteiger charge is 2.42. The largest absolute Gasteiger partial charge is 0.494 e. The van der Waals surface area contributed by atoms with Crippen molar-refractivity contribution in [3.63, 3.8) is 0 Å². The number of hydrogen-bond acceptors (Lipinski definition) is 4. The Bertz CT molecular complexity index is 718. The number of amides is 1. The Morgan fingerprint density at radius 2 is 1.93 bits per heavy atom. The van der Waals surface area contributed by atoms with Gasteiger partial charge in [0.25, 0.3) is 0 Å². The quantitative estimate of drug-likeness (QED) is 0.752. The lowest BCUT2D eigenvalue weighted by Crippen LogP contribution is -2.49. The van der Waals surface area contributed by atoms with Gasteiger partial charge in [-0.1, -0.05) is 19.9 Å². The number of nitrogens with zero attached hydrogens (tertiary/aromatic N) is 1. The number of nitrogens with one attached hydrogen (secondary N) is 1. The number of rotatable bonds is 7. The van der Waals surface area contributed by atoms with Gasteiger partial charge in [-0.15, -0.1) is 0 Å². The lowest BCUT2D eigenvalue weighted by Gasteiger charge is -2.37. The fraction of sp³-hybridized carbons (Fsp3) is 0.708. The lowest BCUT2D eigenvalue weighted by molar-refractivity contribution is -0.121. The van der Waals surface area contributed by atoms with E-state index in [-0.39, 0.29) is 18.1 Å². The molecular weight excluding hydrogens is 364 g/mol. The molecule has 1 amide bonds. The minimum absolute atomic E-state index is 0.0385. The monoisotopic (exact) mass is 402 g/mol. The van der Waals surface area contributed by atoms with Crippen molar-refractivity contribution in [3.05, 3.63) is 28.8 Å². The summed E-state index contributed by atoms with van der Waals surface area (Å²) in [6, 6.07) is 4.70. The molecule has 3 rings (SSSR count). The smallest absolute Gasteiger partial charge is 0.217 e. The molecule has 0 bridgehead atoms. The topological polar surface area (TPSA) is 50.8 Å². The number of methoxy groups -OCH3 is 1. The molecule has 0 spiro atoms. The summed E-state index contributed by atoms with van der Waals surface area (Å²) < 4.78 is 11.6. The summed E-state index contributed by atoms with van der Waals surface area (Å²) in [5, 5.41) is 3.11. The van der Waals surface area contributed by atoms with Gasteiger partial charge in [0.05, 0.1) is 18.8 Å². The second-order valence-corrected chi connectivity index (χ2v) is 9.17. The molecule has 29 heavy (non-hydrogen) atoms. The molecule has 1 aliphatic carbocycles. The van der Waals surface area contributed by atoms with Crippen LogP contribution in [0.15, 0.2) is 12.1 Å². The first-order chi connectivity index (χ1) is 13.8. The predicted octanol–water partition coefficient (Wildman–Crippen LogP) is 3.88. The molecule has 0 aromatic heterocycles. The van der Waals surface area contributed by atoms with Crippen LogP contribution in [0, 0.1) is 18.8 Å². The van der Waals surface area contributed by atoms with Gasteiger partial charge in [-0.25, -0.2) is 0 Å². The number of aryl methyl sites for hydroxylation is 1. The van der Waals surface area contributed by atoms with Crippen LogP contribution in [0.25, 0.3) is 0 Å². The van der Waals surface area contributed by atoms with Gasteiger partial charge in [-0.2, -0.15) is 0 Å². The van der Waals surface area contributed by atoms with E-state index in [0.717, 1.165) is 38.2 Å². The average Bonchev–Trinajstić information content (AvgIpc) is 3.03. The van der Waals surface area contributed by atoms with E-state index in [4.69, 9.17) is 9.47 Å². The average molecular weight is 403 g/mol. The molecule has 1 aromatic carbocycles. The van der Waals surface area contributed by atoms with E-state index in [1.165, 1.54) is 16.7 Å². The van der Waals surface area contributed by atoms with Crippen molar-refractivity contribution in [1.82, 2.24) is 10.2 Å². The molecule has 5 heteroatoms. The molecule has 1 heterocycles. The number of hydrogen-bond donors (Lipinski definition) is 1. The molecule has 2 fully saturated rings. The number of benzene rings is 1. The van der Waals surface area contributed by atoms with E-state index in [9.17, 15) is 4.79 Å². The Morgan fingerprint density at radius 3 is 2.52 bits per heavy atom. The van der Waals surface area contributed by atoms with Gasteiger partial charge in [-0.05, 0) is 67.2 Å². The van der Waals surface area contributed by atoms with Gasteiger partial charge in [0.15, 0.2) is 0 Å². The Kier molecular flexibility index (Phi) is 7.23. The van der Waals surface area contributed by atoms with Crippen molar-refractivity contribution < 1.29 is 14.3 Å². The zero-order valence-electron chi connectivity index (χ0n) is 19.0. The molecule has 4 atom stereocenters. The van der Waals surface area contributed by atoms with Crippen molar-refractivity contribution >= 4 is 5.91 Å². The second-order valence-electron chi connectivity index (χ2n) is 9.17. The summed E-state index contributed by atoms with van der Waals surface area (Å²) in [6.45, 7) is 14.2. The normalized spacial score (nSPS) is 27.1. The van der Waals surface area contributed by atoms with Crippen LogP contribution in [0.4, 0.5) is 0 Å². The molecule has 1 N–H and O–H groups in total. The van der Waals surface area contributed by atoms with Crippen LogP contribution in [0.2, 0.25) is 0 Å². The van der Waals surface area contributed by atoms with Crippen molar-refractivity contribution in [2.24, 2.45) is 11.8 Å². The third kappa shape index (κ3) is 5.13. The van der Waals surface area contributed by atoms with E-state index in [2.05, 4.69) is 43.1 Å². The summed E-state index contributed by atoms with van der Waals surface area (Å²) in [5.74, 6) is 2.79. The van der Waals surface area contributed by atoms with Crippen LogP contribution in [-0.4, -0.2) is 49.8 Å². The summed E-state index contributed by atoms with van der Waals surface area (Å²) in [6.07, 6.45) is 2.17. The predicted molar refractivity (Wildman–Crippen MR) is 116 cm³/mol. The number of ether oxygens (including phenoxy) is 2. The highest BCUT2D eigenvalue weighted by atomic mass is 16.5. The fourth-order valence-electron chi connectivity index (χ4n) is 5.20. The maximum absolute atomic E-state index is 11.6. The van der Waals surface area contributed by atoms with Gasteiger partial charge in [0.2, 0.25) is 5.91 Å². The number of carbonyl (C=O) groups is 1. The van der Waals surface area contributed by atoms with E-state index < -0.39 is 0 Å². The minimum atomic E-state index is 0.0385. The number of carbonyl (C=O) groups excluding carboxylic acids is 1. The van der Waals surface area contributed by atoms with Crippen LogP contribution in [0.5, 0.6) is 5.75 Å². The van der Waals surface area contributed by atoms with Gasteiger partial charge in [0.1, 0.15) is 5.75 Å². The fourth-order valence-corrected chi connectivity index (χ4v) is 5.20. The van der Waals surface area contributed by atoms with E-state index >= 15 is 0 Å². The highest BCUT2D eigenvalue weighted by molar-refractivity contribution is 5.73. The van der Waals surface area contributed by atoms with Crippen LogP contribution >= 0.6 is 0 Å². The van der Waals surface area contributed by atoms with Gasteiger partial charge < -0.3 is 14.8 Å². The first-order valence-corrected chi connectivity index (χ1v) is 11.1. The zero-order chi connectivity index (χ0) is 21.1. The summed E-state index contributed by atoms with van der Waals surface area (Å²) in [5.41, 5.74) is 4.00. The molecule has 1 aromatic rings. The van der Waals surface area contributed by atoms with Crippen molar-refractivity contribution in [2.45, 2.75) is 72.1 Å². The van der Waals surface area contributed by atoms with Crippen LogP contribution < -0.4 is 10.1 Å². The molecule has 1 saturated carbocycles. The molecule has 0 radical (unpaired) electrons. The second kappa shape index (κ2) is 9.48. The Morgan fingerprint density at radius 1 is 1.24 bits per heavy atom. The molecule has 1 aliphatic heterocycles. The summed E-state index contributed by atoms with van der Waals surface area (Å²) in [4.78, 5) is 14.2. The Labute approximate surface area is 176 Å². The standard InChI is InChI=1S/C24H38N2O3/c1-7-29-23-8-16(4)18(9-21(23)15(2)3)12-26-13-19-10-22(25-17(5)27)24(28-6)11-20(19)14-26/h8-9,15,19-20,22,24H,7,10-14H2,1-6H3,(H,25,27)/t19-,20+,22-,24-/m1/s1. The first-order valence-electron chi connectivity index (χ1n) is 11.1. The summed E-state index contributed by atoms with van der Waals surface area (Å²) >= 11 is 0. The maximum atomic E-state index is 11.6. The van der Waals surface area contributed by atoms with Crippen LogP contribution in [-0.2, 0) is 16.1 Å². The van der Waals surface area contributed by atoms with Crippen molar-refractivity contribution in [3.8, 4) is 5.75 Å². The first kappa shape index (κ1) is 22.1. The SMILES string of the molecule is CCOc1cc(C)c(CN2C[C@H]3C[C@@H](NC(C)=O)[C@H](OC)C[C@H]3C2)cc1C(C)C. The number of likely N-dealkylation sites (tertiary alicyclic amines) is 1. The van der Waals surface area contributed by atoms with Crippen molar-refractivity contribution in [2.75, 3.05) is 26.8 Å². The zero-order valence-corrected chi connectivity index (χ0v) is 19.0. The third-order valence-corrected chi connectivity index (χ3v) is 6.67. The van der Waals surface area contributed by atoms with Gasteiger partial charge in [0, 0.05) is 33.7 Å². The summed E-state index contributed by atoms with van der Waals surface area (Å²) in [7, 11) is 1.77. The highest BCUT2D eigenvalue weighted by Crippen LogP contribution is 2.39. The molecule has 0 unspecified atom stereocenters. The number of fused-ring (bicyclic) bond motifs is 1. The Hall–Kier alpha value is -1.59. The molecular formula is C24H38N2O3. The van der Waals surface area contributed by atoms with E-state index in [1.807, 2.05) is 6.92 Å².